The zero-order valence-electron chi connectivity index (χ0n) is 10.1. The first-order valence-corrected chi connectivity index (χ1v) is 6.72. The fourth-order valence-electron chi connectivity index (χ4n) is 1.89. The van der Waals surface area contributed by atoms with Crippen LogP contribution in [-0.4, -0.2) is 29.0 Å². The number of aromatic nitrogens is 2. The van der Waals surface area contributed by atoms with Gasteiger partial charge in [0, 0.05) is 12.6 Å². The van der Waals surface area contributed by atoms with Gasteiger partial charge in [-0.05, 0) is 28.8 Å². The number of allylic oxidation sites excluding steroid dienone is 1. The van der Waals surface area contributed by atoms with E-state index >= 15 is 0 Å². The van der Waals surface area contributed by atoms with Crippen molar-refractivity contribution < 1.29 is 4.74 Å². The molecule has 0 bridgehead atoms. The van der Waals surface area contributed by atoms with Crippen molar-refractivity contribution in [1.82, 2.24) is 9.78 Å². The zero-order valence-corrected chi connectivity index (χ0v) is 11.6. The van der Waals surface area contributed by atoms with Crippen molar-refractivity contribution in [3.63, 3.8) is 0 Å². The van der Waals surface area contributed by atoms with E-state index in [0.717, 1.165) is 25.1 Å². The third-order valence-corrected chi connectivity index (χ3v) is 3.57. The van der Waals surface area contributed by atoms with E-state index in [4.69, 9.17) is 4.74 Å². The van der Waals surface area contributed by atoms with E-state index in [1.54, 1.807) is 12.3 Å². The highest BCUT2D eigenvalue weighted by Gasteiger charge is 2.16. The molecule has 1 N–H and O–H groups in total. The van der Waals surface area contributed by atoms with E-state index in [-0.39, 0.29) is 11.6 Å². The highest BCUT2D eigenvalue weighted by atomic mass is 79.9. The molecule has 0 saturated carbocycles. The van der Waals surface area contributed by atoms with Crippen LogP contribution in [0, 0.1) is 0 Å². The van der Waals surface area contributed by atoms with Crippen LogP contribution < -0.4 is 10.9 Å². The van der Waals surface area contributed by atoms with Gasteiger partial charge >= 0.3 is 0 Å². The van der Waals surface area contributed by atoms with Crippen LogP contribution in [0.25, 0.3) is 0 Å². The average Bonchev–Trinajstić information content (AvgIpc) is 2.40. The first-order valence-electron chi connectivity index (χ1n) is 5.93. The van der Waals surface area contributed by atoms with Gasteiger partial charge in [-0.15, -0.1) is 6.58 Å². The molecule has 1 unspecified atom stereocenters. The number of ether oxygens (including phenoxy) is 1. The minimum Gasteiger partial charge on any atom is -0.379 e. The number of hydrogen-bond acceptors (Lipinski definition) is 4. The molecule has 1 fully saturated rings. The molecule has 2 heterocycles. The second-order valence-electron chi connectivity index (χ2n) is 4.21. The Hall–Kier alpha value is -1.14. The van der Waals surface area contributed by atoms with Crippen molar-refractivity contribution in [2.75, 3.05) is 18.5 Å². The van der Waals surface area contributed by atoms with E-state index in [2.05, 4.69) is 32.9 Å². The highest BCUT2D eigenvalue weighted by Crippen LogP contribution is 2.19. The summed E-state index contributed by atoms with van der Waals surface area (Å²) < 4.78 is 7.26. The van der Waals surface area contributed by atoms with Crippen molar-refractivity contribution in [2.45, 2.75) is 25.4 Å². The summed E-state index contributed by atoms with van der Waals surface area (Å²) in [6.45, 7) is 5.49. The summed E-state index contributed by atoms with van der Waals surface area (Å²) in [4.78, 5) is 12.0. The van der Waals surface area contributed by atoms with Crippen LogP contribution >= 0.6 is 15.9 Å². The van der Waals surface area contributed by atoms with Crippen LogP contribution in [-0.2, 0) is 11.3 Å². The van der Waals surface area contributed by atoms with Crippen LogP contribution in [0.1, 0.15) is 12.8 Å². The maximum Gasteiger partial charge on any atom is 0.283 e. The third kappa shape index (κ3) is 3.00. The fourth-order valence-corrected chi connectivity index (χ4v) is 2.31. The Morgan fingerprint density at radius 1 is 1.72 bits per heavy atom. The molecule has 1 aromatic heterocycles. The Bertz CT molecular complexity index is 481. The molecule has 5 nitrogen and oxygen atoms in total. The molecule has 6 heteroatoms. The lowest BCUT2D eigenvalue weighted by atomic mass is 10.1. The minimum absolute atomic E-state index is 0.156. The van der Waals surface area contributed by atoms with E-state index in [9.17, 15) is 4.79 Å². The van der Waals surface area contributed by atoms with Crippen LogP contribution in [0.5, 0.6) is 0 Å². The van der Waals surface area contributed by atoms with Crippen molar-refractivity contribution in [1.29, 1.82) is 0 Å². The number of halogens is 1. The van der Waals surface area contributed by atoms with E-state index in [1.807, 2.05) is 0 Å². The number of hydrogen-bond donors (Lipinski definition) is 1. The maximum atomic E-state index is 12.0. The van der Waals surface area contributed by atoms with Gasteiger partial charge in [-0.25, -0.2) is 4.68 Å². The number of rotatable bonds is 4. The SMILES string of the molecule is C=CCn1ncc(NC2CCCOC2)c(Br)c1=O. The summed E-state index contributed by atoms with van der Waals surface area (Å²) in [5, 5.41) is 7.38. The second kappa shape index (κ2) is 6.15. The molecule has 1 aliphatic heterocycles. The van der Waals surface area contributed by atoms with E-state index in [0.29, 0.717) is 17.6 Å². The molecule has 0 amide bonds. The zero-order chi connectivity index (χ0) is 13.0. The molecular weight excluding hydrogens is 298 g/mol. The van der Waals surface area contributed by atoms with Crippen molar-refractivity contribution in [2.24, 2.45) is 0 Å². The van der Waals surface area contributed by atoms with Crippen molar-refractivity contribution in [3.8, 4) is 0 Å². The molecule has 1 aliphatic rings. The smallest absolute Gasteiger partial charge is 0.283 e. The quantitative estimate of drug-likeness (QED) is 0.861. The topological polar surface area (TPSA) is 56.1 Å². The lowest BCUT2D eigenvalue weighted by molar-refractivity contribution is 0.0876. The normalized spacial score (nSPS) is 19.5. The largest absolute Gasteiger partial charge is 0.379 e. The standard InChI is InChI=1S/C12H16BrN3O2/c1-2-5-16-12(17)11(13)10(7-14-16)15-9-4-3-6-18-8-9/h2,7,9,15H,1,3-6,8H2. The lowest BCUT2D eigenvalue weighted by Crippen LogP contribution is -2.32. The summed E-state index contributed by atoms with van der Waals surface area (Å²) in [7, 11) is 0. The monoisotopic (exact) mass is 313 g/mol. The molecule has 0 spiro atoms. The van der Waals surface area contributed by atoms with Gasteiger partial charge in [0.05, 0.1) is 25.0 Å². The molecule has 0 aliphatic carbocycles. The summed E-state index contributed by atoms with van der Waals surface area (Å²) in [6, 6.07) is 0.242. The van der Waals surface area contributed by atoms with E-state index in [1.165, 1.54) is 4.68 Å². The van der Waals surface area contributed by atoms with Crippen LogP contribution in [0.15, 0.2) is 28.1 Å². The van der Waals surface area contributed by atoms with Crippen LogP contribution in [0.4, 0.5) is 5.69 Å². The molecule has 1 saturated heterocycles. The van der Waals surface area contributed by atoms with Crippen LogP contribution in [0.2, 0.25) is 0 Å². The van der Waals surface area contributed by atoms with Gasteiger partial charge in [-0.3, -0.25) is 4.79 Å². The molecule has 0 aromatic carbocycles. The molecule has 1 aromatic rings. The Kier molecular flexibility index (Phi) is 4.54. The van der Waals surface area contributed by atoms with Crippen LogP contribution in [0.3, 0.4) is 0 Å². The van der Waals surface area contributed by atoms with Gasteiger partial charge in [0.25, 0.3) is 5.56 Å². The Morgan fingerprint density at radius 3 is 3.22 bits per heavy atom. The Morgan fingerprint density at radius 2 is 2.56 bits per heavy atom. The minimum atomic E-state index is -0.156. The predicted octanol–water partition coefficient (Wildman–Crippen LogP) is 1.78. The van der Waals surface area contributed by atoms with Gasteiger partial charge in [0.2, 0.25) is 0 Å². The predicted molar refractivity (Wildman–Crippen MR) is 73.9 cm³/mol. The van der Waals surface area contributed by atoms with Gasteiger partial charge in [-0.1, -0.05) is 6.08 Å². The molecular formula is C12H16BrN3O2. The molecule has 0 radical (unpaired) electrons. The Labute approximate surface area is 114 Å². The Balaban J connectivity index is 2.15. The van der Waals surface area contributed by atoms with Gasteiger partial charge < -0.3 is 10.1 Å². The van der Waals surface area contributed by atoms with E-state index < -0.39 is 0 Å². The average molecular weight is 314 g/mol. The lowest BCUT2D eigenvalue weighted by Gasteiger charge is -2.24. The number of anilines is 1. The molecule has 98 valence electrons. The molecule has 1 atom stereocenters. The van der Waals surface area contributed by atoms with Gasteiger partial charge in [0.15, 0.2) is 0 Å². The first kappa shape index (κ1) is 13.3. The number of nitrogens with zero attached hydrogens (tertiary/aromatic N) is 2. The first-order chi connectivity index (χ1) is 8.72. The fraction of sp³-hybridized carbons (Fsp3) is 0.500. The number of nitrogens with one attached hydrogen (secondary N) is 1. The third-order valence-electron chi connectivity index (χ3n) is 2.81. The summed E-state index contributed by atoms with van der Waals surface area (Å²) >= 11 is 3.32. The van der Waals surface area contributed by atoms with Crippen molar-refractivity contribution in [3.05, 3.63) is 33.7 Å². The van der Waals surface area contributed by atoms with Gasteiger partial charge in [-0.2, -0.15) is 5.10 Å². The summed E-state index contributed by atoms with van der Waals surface area (Å²) in [5.41, 5.74) is 0.562. The van der Waals surface area contributed by atoms with Crippen molar-refractivity contribution >= 4 is 21.6 Å². The maximum absolute atomic E-state index is 12.0. The highest BCUT2D eigenvalue weighted by molar-refractivity contribution is 9.10. The molecule has 2 rings (SSSR count). The summed E-state index contributed by atoms with van der Waals surface area (Å²) in [5.74, 6) is 0. The summed E-state index contributed by atoms with van der Waals surface area (Å²) in [6.07, 6.45) is 5.38. The molecule has 18 heavy (non-hydrogen) atoms. The second-order valence-corrected chi connectivity index (χ2v) is 5.00. The van der Waals surface area contributed by atoms with Gasteiger partial charge in [0.1, 0.15) is 4.47 Å².